The second-order valence-corrected chi connectivity index (χ2v) is 2.45. The summed E-state index contributed by atoms with van der Waals surface area (Å²) in [7, 11) is 0. The van der Waals surface area contributed by atoms with Crippen molar-refractivity contribution in [1.29, 1.82) is 0 Å². The van der Waals surface area contributed by atoms with Crippen molar-refractivity contribution < 1.29 is 13.9 Å². The molecule has 1 heterocycles. The fourth-order valence-electron chi connectivity index (χ4n) is 0.734. The molecule has 0 bridgehead atoms. The summed E-state index contributed by atoms with van der Waals surface area (Å²) in [6.45, 7) is 0. The highest BCUT2D eigenvalue weighted by atomic mass is 35.5. The lowest BCUT2D eigenvalue weighted by Gasteiger charge is -2.03. The Morgan fingerprint density at radius 3 is 2.58 bits per heavy atom. The van der Waals surface area contributed by atoms with Gasteiger partial charge in [0, 0.05) is 6.07 Å². The summed E-state index contributed by atoms with van der Waals surface area (Å²) in [4.78, 5) is 12.3. The molecule has 1 rings (SSSR count). The Bertz CT molecular complexity index is 324. The van der Waals surface area contributed by atoms with Crippen LogP contribution in [0.5, 0.6) is 5.88 Å². The zero-order valence-corrected chi connectivity index (χ0v) is 6.40. The van der Waals surface area contributed by atoms with Crippen molar-refractivity contribution >= 4 is 11.6 Å². The van der Waals surface area contributed by atoms with E-state index in [-0.39, 0.29) is 0 Å². The van der Waals surface area contributed by atoms with Crippen molar-refractivity contribution in [2.24, 2.45) is 0 Å². The first-order valence-electron chi connectivity index (χ1n) is 2.92. The summed E-state index contributed by atoms with van der Waals surface area (Å²) < 4.78 is 24.1. The fraction of sp³-hybridized carbons (Fsp3) is 0.167. The normalized spacial score (nSPS) is 10.7. The van der Waals surface area contributed by atoms with Crippen molar-refractivity contribution in [2.45, 2.75) is 6.43 Å². The Morgan fingerprint density at radius 1 is 1.58 bits per heavy atom. The molecule has 0 aliphatic heterocycles. The first-order chi connectivity index (χ1) is 5.52. The number of rotatable bonds is 1. The first kappa shape index (κ1) is 8.99. The van der Waals surface area contributed by atoms with Gasteiger partial charge in [0.2, 0.25) is 5.88 Å². The lowest BCUT2D eigenvalue weighted by molar-refractivity contribution is 0.146. The first-order valence-corrected chi connectivity index (χ1v) is 3.30. The van der Waals surface area contributed by atoms with Crippen LogP contribution in [0.1, 0.15) is 12.0 Å². The molecule has 6 heteroatoms. The van der Waals surface area contributed by atoms with E-state index in [1.165, 1.54) is 0 Å². The second-order valence-electron chi connectivity index (χ2n) is 2.04. The number of halogens is 3. The molecule has 0 saturated heterocycles. The van der Waals surface area contributed by atoms with Crippen LogP contribution in [0.15, 0.2) is 10.9 Å². The molecule has 0 amide bonds. The van der Waals surface area contributed by atoms with E-state index in [0.29, 0.717) is 0 Å². The molecule has 1 aromatic heterocycles. The van der Waals surface area contributed by atoms with E-state index in [4.69, 9.17) is 16.7 Å². The lowest BCUT2D eigenvalue weighted by atomic mass is 10.3. The molecule has 66 valence electrons. The number of hydrogen-bond acceptors (Lipinski definition) is 2. The topological polar surface area (TPSA) is 53.1 Å². The monoisotopic (exact) mass is 195 g/mol. The number of pyridine rings is 1. The number of H-pyrrole nitrogens is 1. The molecule has 0 spiro atoms. The summed E-state index contributed by atoms with van der Waals surface area (Å²) in [5.74, 6) is -0.887. The Labute approximate surface area is 70.6 Å². The number of aromatic nitrogens is 1. The Morgan fingerprint density at radius 2 is 2.17 bits per heavy atom. The third-order valence-electron chi connectivity index (χ3n) is 1.23. The van der Waals surface area contributed by atoms with E-state index in [1.807, 2.05) is 0 Å². The minimum Gasteiger partial charge on any atom is -0.494 e. The summed E-state index contributed by atoms with van der Waals surface area (Å²) in [6.07, 6.45) is -2.91. The summed E-state index contributed by atoms with van der Waals surface area (Å²) in [6, 6.07) is 0.781. The molecular weight excluding hydrogens is 192 g/mol. The van der Waals surface area contributed by atoms with Crippen LogP contribution >= 0.6 is 11.6 Å². The molecule has 0 radical (unpaired) electrons. The highest BCUT2D eigenvalue weighted by Gasteiger charge is 2.17. The maximum atomic E-state index is 12.1. The van der Waals surface area contributed by atoms with Gasteiger partial charge in [-0.15, -0.1) is 0 Å². The minimum atomic E-state index is -2.91. The quantitative estimate of drug-likeness (QED) is 0.716. The standard InChI is InChI=1S/C6H4ClF2NO2/c7-2-1-3(11)10-6(12)4(2)5(8)9/h1,5H,(H2,10,11,12). The molecule has 0 fully saturated rings. The lowest BCUT2D eigenvalue weighted by Crippen LogP contribution is -2.05. The van der Waals surface area contributed by atoms with Gasteiger partial charge in [-0.25, -0.2) is 8.78 Å². The Hall–Kier alpha value is -1.10. The van der Waals surface area contributed by atoms with Crippen LogP contribution in [-0.4, -0.2) is 10.1 Å². The molecule has 0 atom stereocenters. The third-order valence-corrected chi connectivity index (χ3v) is 1.54. The van der Waals surface area contributed by atoms with Crippen LogP contribution < -0.4 is 5.56 Å². The second kappa shape index (κ2) is 3.10. The number of aromatic hydroxyl groups is 1. The molecular formula is C6H4ClF2NO2. The summed E-state index contributed by atoms with van der Waals surface area (Å²) in [5, 5.41) is 8.38. The fourth-order valence-corrected chi connectivity index (χ4v) is 1.00. The average Bonchev–Trinajstić information content (AvgIpc) is 1.82. The van der Waals surface area contributed by atoms with Crippen LogP contribution in [0, 0.1) is 0 Å². The van der Waals surface area contributed by atoms with Gasteiger partial charge in [0.15, 0.2) is 0 Å². The van der Waals surface area contributed by atoms with Crippen molar-refractivity contribution in [3.63, 3.8) is 0 Å². The van der Waals surface area contributed by atoms with Gasteiger partial charge < -0.3 is 5.11 Å². The van der Waals surface area contributed by atoms with Crippen molar-refractivity contribution in [1.82, 2.24) is 4.98 Å². The van der Waals surface area contributed by atoms with Crippen molar-refractivity contribution in [3.05, 3.63) is 27.0 Å². The number of alkyl halides is 2. The Balaban J connectivity index is 3.38. The zero-order chi connectivity index (χ0) is 9.30. The number of hydrogen-bond donors (Lipinski definition) is 2. The van der Waals surface area contributed by atoms with Crippen LogP contribution in [0.4, 0.5) is 8.78 Å². The van der Waals surface area contributed by atoms with E-state index >= 15 is 0 Å². The van der Waals surface area contributed by atoms with E-state index in [1.54, 1.807) is 4.98 Å². The molecule has 0 aliphatic rings. The van der Waals surface area contributed by atoms with E-state index in [9.17, 15) is 13.6 Å². The van der Waals surface area contributed by atoms with Crippen molar-refractivity contribution in [3.8, 4) is 5.88 Å². The van der Waals surface area contributed by atoms with Gasteiger partial charge in [0.05, 0.1) is 10.6 Å². The van der Waals surface area contributed by atoms with Gasteiger partial charge in [-0.05, 0) is 0 Å². The van der Waals surface area contributed by atoms with Crippen LogP contribution in [0.25, 0.3) is 0 Å². The molecule has 1 aromatic rings. The van der Waals surface area contributed by atoms with E-state index in [0.717, 1.165) is 6.07 Å². The zero-order valence-electron chi connectivity index (χ0n) is 5.64. The van der Waals surface area contributed by atoms with Gasteiger partial charge in [0.25, 0.3) is 12.0 Å². The molecule has 2 N–H and O–H groups in total. The molecule has 12 heavy (non-hydrogen) atoms. The molecule has 3 nitrogen and oxygen atoms in total. The minimum absolute atomic E-state index is 0.439. The Kier molecular flexibility index (Phi) is 2.32. The van der Waals surface area contributed by atoms with Crippen LogP contribution in [-0.2, 0) is 0 Å². The summed E-state index contributed by atoms with van der Waals surface area (Å²) in [5.41, 5.74) is -1.47. The van der Waals surface area contributed by atoms with Crippen LogP contribution in [0.2, 0.25) is 5.02 Å². The molecule has 0 unspecified atom stereocenters. The predicted molar refractivity (Wildman–Crippen MR) is 38.7 cm³/mol. The van der Waals surface area contributed by atoms with Gasteiger partial charge >= 0.3 is 0 Å². The smallest absolute Gasteiger partial charge is 0.270 e. The molecule has 0 saturated carbocycles. The van der Waals surface area contributed by atoms with Crippen molar-refractivity contribution in [2.75, 3.05) is 0 Å². The van der Waals surface area contributed by atoms with Gasteiger partial charge in [-0.1, -0.05) is 11.6 Å². The number of nitrogens with one attached hydrogen (secondary N) is 1. The summed E-state index contributed by atoms with van der Waals surface area (Å²) >= 11 is 5.27. The highest BCUT2D eigenvalue weighted by molar-refractivity contribution is 6.31. The van der Waals surface area contributed by atoms with Gasteiger partial charge in [-0.3, -0.25) is 9.78 Å². The average molecular weight is 196 g/mol. The highest BCUT2D eigenvalue weighted by Crippen LogP contribution is 2.31. The SMILES string of the molecule is O=c1cc(Cl)c(C(F)F)c(O)[nH]1. The maximum absolute atomic E-state index is 12.1. The largest absolute Gasteiger partial charge is 0.494 e. The molecule has 0 aliphatic carbocycles. The van der Waals surface area contributed by atoms with E-state index in [2.05, 4.69) is 0 Å². The van der Waals surface area contributed by atoms with Gasteiger partial charge in [-0.2, -0.15) is 0 Å². The third kappa shape index (κ3) is 1.55. The van der Waals surface area contributed by atoms with Crippen LogP contribution in [0.3, 0.4) is 0 Å². The molecule has 0 aromatic carbocycles. The maximum Gasteiger partial charge on any atom is 0.270 e. The van der Waals surface area contributed by atoms with Gasteiger partial charge in [0.1, 0.15) is 0 Å². The number of aromatic amines is 1. The predicted octanol–water partition coefficient (Wildman–Crippen LogP) is 1.67. The van der Waals surface area contributed by atoms with E-state index < -0.39 is 28.5 Å².